The smallest absolute Gasteiger partial charge is 0.0464 e. The third-order valence-electron chi connectivity index (χ3n) is 2.01. The summed E-state index contributed by atoms with van der Waals surface area (Å²) in [6.07, 6.45) is 3.54. The molecule has 0 aliphatic carbocycles. The third-order valence-corrected chi connectivity index (χ3v) is 2.73. The van der Waals surface area contributed by atoms with E-state index in [-0.39, 0.29) is 0 Å². The number of nitrogens with two attached hydrogens (primary N) is 1. The first-order chi connectivity index (χ1) is 6.77. The molecule has 14 heavy (non-hydrogen) atoms. The molecule has 0 unspecified atom stereocenters. The van der Waals surface area contributed by atoms with Crippen LogP contribution in [0.1, 0.15) is 0 Å². The first-order valence-electron chi connectivity index (χ1n) is 4.23. The highest BCUT2D eigenvalue weighted by molar-refractivity contribution is 9.10. The summed E-state index contributed by atoms with van der Waals surface area (Å²) in [4.78, 5) is 3.97. The number of aromatic nitrogens is 1. The topological polar surface area (TPSA) is 38.9 Å². The Balaban J connectivity index is 2.48. The van der Waals surface area contributed by atoms with Gasteiger partial charge in [-0.25, -0.2) is 0 Å². The van der Waals surface area contributed by atoms with Crippen molar-refractivity contribution in [2.45, 2.75) is 0 Å². The number of hydrogen-bond acceptors (Lipinski definition) is 2. The van der Waals surface area contributed by atoms with Crippen LogP contribution in [0.25, 0.3) is 11.1 Å². The van der Waals surface area contributed by atoms with Gasteiger partial charge in [0.05, 0.1) is 0 Å². The number of nitrogens with zero attached hydrogens (tertiary/aromatic N) is 1. The zero-order valence-corrected chi connectivity index (χ0v) is 9.03. The molecule has 0 bridgehead atoms. The lowest BCUT2D eigenvalue weighted by Gasteiger charge is -2.03. The summed E-state index contributed by atoms with van der Waals surface area (Å²) in [7, 11) is 0. The van der Waals surface area contributed by atoms with Crippen LogP contribution in [0.3, 0.4) is 0 Å². The summed E-state index contributed by atoms with van der Waals surface area (Å²) in [5, 5.41) is 0. The van der Waals surface area contributed by atoms with E-state index in [0.29, 0.717) is 0 Å². The van der Waals surface area contributed by atoms with Gasteiger partial charge >= 0.3 is 0 Å². The maximum absolute atomic E-state index is 5.80. The van der Waals surface area contributed by atoms with Gasteiger partial charge in [-0.1, -0.05) is 6.07 Å². The summed E-state index contributed by atoms with van der Waals surface area (Å²) in [6.45, 7) is 0. The summed E-state index contributed by atoms with van der Waals surface area (Å²) < 4.78 is 0.926. The second kappa shape index (κ2) is 3.80. The number of hydrogen-bond donors (Lipinski definition) is 1. The van der Waals surface area contributed by atoms with Crippen molar-refractivity contribution in [3.8, 4) is 11.1 Å². The van der Waals surface area contributed by atoms with Crippen LogP contribution in [0.15, 0.2) is 47.2 Å². The lowest BCUT2D eigenvalue weighted by Crippen LogP contribution is -1.87. The molecule has 0 fully saturated rings. The summed E-state index contributed by atoms with van der Waals surface area (Å²) >= 11 is 3.36. The van der Waals surface area contributed by atoms with Gasteiger partial charge in [-0.05, 0) is 51.3 Å². The van der Waals surface area contributed by atoms with Crippen LogP contribution in [0.5, 0.6) is 0 Å². The molecule has 0 spiro atoms. The number of rotatable bonds is 1. The molecule has 0 saturated heterocycles. The van der Waals surface area contributed by atoms with E-state index in [9.17, 15) is 0 Å². The van der Waals surface area contributed by atoms with Crippen molar-refractivity contribution >= 4 is 21.6 Å². The first-order valence-corrected chi connectivity index (χ1v) is 5.02. The molecule has 2 N–H and O–H groups in total. The van der Waals surface area contributed by atoms with Gasteiger partial charge < -0.3 is 5.73 Å². The minimum Gasteiger partial charge on any atom is -0.398 e. The SMILES string of the molecule is Nc1cc(-c2ccncc2)ccc1Br. The van der Waals surface area contributed by atoms with E-state index in [2.05, 4.69) is 20.9 Å². The van der Waals surface area contributed by atoms with Gasteiger partial charge in [0.25, 0.3) is 0 Å². The summed E-state index contributed by atoms with van der Waals surface area (Å²) in [5.74, 6) is 0. The lowest BCUT2D eigenvalue weighted by molar-refractivity contribution is 1.33. The highest BCUT2D eigenvalue weighted by atomic mass is 79.9. The quantitative estimate of drug-likeness (QED) is 0.788. The highest BCUT2D eigenvalue weighted by Gasteiger charge is 1.99. The maximum atomic E-state index is 5.80. The molecule has 0 aliphatic rings. The number of pyridine rings is 1. The van der Waals surface area contributed by atoms with Gasteiger partial charge in [-0.3, -0.25) is 4.98 Å². The molecule has 0 aliphatic heterocycles. The van der Waals surface area contributed by atoms with Crippen LogP contribution in [-0.2, 0) is 0 Å². The fourth-order valence-corrected chi connectivity index (χ4v) is 1.51. The van der Waals surface area contributed by atoms with Crippen molar-refractivity contribution in [3.05, 3.63) is 47.2 Å². The van der Waals surface area contributed by atoms with Crippen molar-refractivity contribution in [1.29, 1.82) is 0 Å². The molecule has 1 heterocycles. The van der Waals surface area contributed by atoms with Crippen molar-refractivity contribution in [2.24, 2.45) is 0 Å². The summed E-state index contributed by atoms with van der Waals surface area (Å²) in [5.41, 5.74) is 8.77. The minimum atomic E-state index is 0.749. The molecule has 3 heteroatoms. The maximum Gasteiger partial charge on any atom is 0.0464 e. The van der Waals surface area contributed by atoms with Crippen LogP contribution in [0, 0.1) is 0 Å². The van der Waals surface area contributed by atoms with E-state index in [4.69, 9.17) is 5.73 Å². The minimum absolute atomic E-state index is 0.749. The largest absolute Gasteiger partial charge is 0.398 e. The Labute approximate surface area is 90.9 Å². The van der Waals surface area contributed by atoms with E-state index in [1.807, 2.05) is 30.3 Å². The molecular formula is C11H9BrN2. The third kappa shape index (κ3) is 1.77. The van der Waals surface area contributed by atoms with Gasteiger partial charge in [0.1, 0.15) is 0 Å². The molecule has 2 rings (SSSR count). The van der Waals surface area contributed by atoms with Gasteiger partial charge in [-0.2, -0.15) is 0 Å². The first kappa shape index (κ1) is 9.21. The predicted octanol–water partition coefficient (Wildman–Crippen LogP) is 3.09. The van der Waals surface area contributed by atoms with Crippen molar-refractivity contribution in [3.63, 3.8) is 0 Å². The molecule has 0 amide bonds. The fourth-order valence-electron chi connectivity index (χ4n) is 1.27. The molecule has 1 aromatic heterocycles. The second-order valence-electron chi connectivity index (χ2n) is 2.97. The van der Waals surface area contributed by atoms with Crippen LogP contribution < -0.4 is 5.73 Å². The van der Waals surface area contributed by atoms with E-state index in [0.717, 1.165) is 21.3 Å². The molecule has 0 atom stereocenters. The van der Waals surface area contributed by atoms with Crippen LogP contribution in [-0.4, -0.2) is 4.98 Å². The van der Waals surface area contributed by atoms with Gasteiger partial charge in [0, 0.05) is 22.6 Å². The van der Waals surface area contributed by atoms with Crippen molar-refractivity contribution in [1.82, 2.24) is 4.98 Å². The van der Waals surface area contributed by atoms with E-state index in [1.54, 1.807) is 12.4 Å². The Hall–Kier alpha value is -1.35. The Morgan fingerprint density at radius 1 is 1.00 bits per heavy atom. The second-order valence-corrected chi connectivity index (χ2v) is 3.83. The van der Waals surface area contributed by atoms with Gasteiger partial charge in [0.15, 0.2) is 0 Å². The van der Waals surface area contributed by atoms with Crippen LogP contribution >= 0.6 is 15.9 Å². The lowest BCUT2D eigenvalue weighted by atomic mass is 10.1. The zero-order valence-electron chi connectivity index (χ0n) is 7.44. The van der Waals surface area contributed by atoms with E-state index >= 15 is 0 Å². The number of halogens is 1. The number of anilines is 1. The Bertz CT molecular complexity index is 440. The van der Waals surface area contributed by atoms with Gasteiger partial charge in [-0.15, -0.1) is 0 Å². The monoisotopic (exact) mass is 248 g/mol. The molecule has 0 radical (unpaired) electrons. The standard InChI is InChI=1S/C11H9BrN2/c12-10-2-1-9(7-11(10)13)8-3-5-14-6-4-8/h1-7H,13H2. The molecule has 2 aromatic rings. The summed E-state index contributed by atoms with van der Waals surface area (Å²) in [6, 6.07) is 9.84. The van der Waals surface area contributed by atoms with Crippen molar-refractivity contribution < 1.29 is 0 Å². The zero-order chi connectivity index (χ0) is 9.97. The van der Waals surface area contributed by atoms with E-state index in [1.165, 1.54) is 0 Å². The molecule has 0 saturated carbocycles. The Morgan fingerprint density at radius 2 is 1.71 bits per heavy atom. The highest BCUT2D eigenvalue weighted by Crippen LogP contribution is 2.26. The molecule has 2 nitrogen and oxygen atoms in total. The molecular weight excluding hydrogens is 240 g/mol. The number of nitrogen functional groups attached to an aromatic ring is 1. The Kier molecular flexibility index (Phi) is 2.50. The normalized spacial score (nSPS) is 10.1. The average Bonchev–Trinajstić information content (AvgIpc) is 2.23. The Morgan fingerprint density at radius 3 is 2.36 bits per heavy atom. The van der Waals surface area contributed by atoms with Gasteiger partial charge in [0.2, 0.25) is 0 Å². The van der Waals surface area contributed by atoms with Crippen molar-refractivity contribution in [2.75, 3.05) is 5.73 Å². The molecule has 1 aromatic carbocycles. The number of benzene rings is 1. The fraction of sp³-hybridized carbons (Fsp3) is 0. The molecule has 70 valence electrons. The average molecular weight is 249 g/mol. The van der Waals surface area contributed by atoms with Crippen LogP contribution in [0.2, 0.25) is 0 Å². The van der Waals surface area contributed by atoms with E-state index < -0.39 is 0 Å². The van der Waals surface area contributed by atoms with Crippen LogP contribution in [0.4, 0.5) is 5.69 Å². The predicted molar refractivity (Wildman–Crippen MR) is 61.8 cm³/mol.